The van der Waals surface area contributed by atoms with E-state index in [1.54, 1.807) is 11.9 Å². The number of phosphoric acid groups is 3. The molecule has 0 spiro atoms. The van der Waals surface area contributed by atoms with Gasteiger partial charge in [-0.2, -0.15) is 8.62 Å². The van der Waals surface area contributed by atoms with E-state index in [2.05, 4.69) is 134 Å². The smallest absolute Gasteiger partial charge is 0.456 e. The van der Waals surface area contributed by atoms with E-state index in [1.807, 2.05) is 18.2 Å². The van der Waals surface area contributed by atoms with Crippen molar-refractivity contribution < 1.29 is 75.7 Å². The van der Waals surface area contributed by atoms with Gasteiger partial charge in [-0.25, -0.2) is 33.2 Å². The Morgan fingerprint density at radius 1 is 0.835 bits per heavy atom. The first-order chi connectivity index (χ1) is 40.0. The van der Waals surface area contributed by atoms with E-state index in [0.717, 1.165) is 85.0 Å². The number of carbonyl (C=O) groups is 2. The van der Waals surface area contributed by atoms with Crippen LogP contribution in [0.2, 0.25) is 0 Å². The lowest BCUT2D eigenvalue weighted by Crippen LogP contribution is -2.52. The maximum absolute atomic E-state index is 14.7. The van der Waals surface area contributed by atoms with Gasteiger partial charge in [0.1, 0.15) is 42.7 Å². The van der Waals surface area contributed by atoms with Gasteiger partial charge >= 0.3 is 23.5 Å². The van der Waals surface area contributed by atoms with Crippen molar-refractivity contribution >= 4 is 63.5 Å². The molecule has 0 radical (unpaired) electrons. The standard InChI is InChI=1S/C57H78N9O16P3/c1-10-65-42-27-44-40(25-38(42)34(3)29-56(65,5)6)48(41-26-39-35(4)30-57(7,8)66(11-2)43(39)28-45(41)79-44)36-19-14-15-20-37(36)54(70)63(9)24-18-21-47(67)58-22-16-12-13-17-23-59-52-49-53(61-32-60-52)64(33-62-49)55-51(69)50(68)46(80-55)31-78-84(74,75)82-85(76,77)81-83(71,72)73/h14-15,19-20,25-28,32-35,46,50-51,55,68-69H,10-13,16-18,21-24,29-31H2,1-9H3,(H5-,58,59,60,61,67,71,72,73,74,75,76,77)/p+1/t34?,35?,46-,50-,51-,55-/m1/s1. The number of unbranched alkanes of at least 4 members (excludes halogenated alkanes) is 3. The molecule has 3 aromatic carbocycles. The van der Waals surface area contributed by atoms with Crippen LogP contribution in [0.4, 0.5) is 11.5 Å². The summed E-state index contributed by atoms with van der Waals surface area (Å²) in [6.07, 6.45) is 2.23. The molecule has 4 aliphatic rings. The second-order valence-electron chi connectivity index (χ2n) is 23.7. The number of nitrogens with one attached hydrogen (secondary N) is 2. The summed E-state index contributed by atoms with van der Waals surface area (Å²) in [5.74, 6) is 2.31. The Morgan fingerprint density at radius 2 is 1.55 bits per heavy atom. The second kappa shape index (κ2) is 25.3. The lowest BCUT2D eigenvalue weighted by atomic mass is 9.77. The largest absolute Gasteiger partial charge is 0.490 e. The monoisotopic (exact) mass is 1240 g/mol. The average Bonchev–Trinajstić information content (AvgIpc) is 1.41. The highest BCUT2D eigenvalue weighted by Gasteiger charge is 2.48. The summed E-state index contributed by atoms with van der Waals surface area (Å²) < 4.78 is 63.3. The number of carbonyl (C=O) groups excluding carboxylic acids is 2. The van der Waals surface area contributed by atoms with E-state index in [4.69, 9.17) is 19.3 Å². The average molecular weight is 1240 g/mol. The van der Waals surface area contributed by atoms with Gasteiger partial charge in [0.15, 0.2) is 28.7 Å². The molecule has 4 aliphatic heterocycles. The van der Waals surface area contributed by atoms with Crippen LogP contribution in [0.3, 0.4) is 0 Å². The molecule has 25 nitrogen and oxygen atoms in total. The first-order valence-electron chi connectivity index (χ1n) is 28.8. The molecular formula is C57H79N9O16P3+. The van der Waals surface area contributed by atoms with E-state index in [1.165, 1.54) is 39.4 Å². The third kappa shape index (κ3) is 13.9. The summed E-state index contributed by atoms with van der Waals surface area (Å²) in [6, 6.07) is 17.0. The van der Waals surface area contributed by atoms with Gasteiger partial charge in [0, 0.05) is 90.8 Å². The number of aliphatic hydroxyl groups excluding tert-OH is 2. The van der Waals surface area contributed by atoms with E-state index in [9.17, 15) is 43.3 Å². The van der Waals surface area contributed by atoms with Crippen LogP contribution in [0, 0.1) is 0 Å². The van der Waals surface area contributed by atoms with Crippen LogP contribution >= 0.6 is 23.5 Å². The first kappa shape index (κ1) is 64.0. The van der Waals surface area contributed by atoms with Gasteiger partial charge in [0.05, 0.1) is 19.0 Å². The van der Waals surface area contributed by atoms with Crippen LogP contribution in [0.15, 0.2) is 61.2 Å². The molecule has 5 aromatic rings. The summed E-state index contributed by atoms with van der Waals surface area (Å²) in [5.41, 5.74) is 7.54. The van der Waals surface area contributed by atoms with Crippen LogP contribution in [0.25, 0.3) is 16.7 Å². The highest BCUT2D eigenvalue weighted by Crippen LogP contribution is 2.66. The predicted molar refractivity (Wildman–Crippen MR) is 317 cm³/mol. The third-order valence-electron chi connectivity index (χ3n) is 16.5. The predicted octanol–water partition coefficient (Wildman–Crippen LogP) is 6.69. The van der Waals surface area contributed by atoms with E-state index in [-0.39, 0.29) is 35.0 Å². The minimum Gasteiger partial charge on any atom is -0.456 e. The molecule has 0 aliphatic carbocycles. The number of amides is 2. The summed E-state index contributed by atoms with van der Waals surface area (Å²) >= 11 is 0. The Balaban J connectivity index is 0.773. The fourth-order valence-corrected chi connectivity index (χ4v) is 15.9. The fourth-order valence-electron chi connectivity index (χ4n) is 12.9. The number of imidazole rings is 1. The minimum atomic E-state index is -5.78. The number of nitrogens with zero attached hydrogens (tertiary/aromatic N) is 7. The summed E-state index contributed by atoms with van der Waals surface area (Å²) in [4.78, 5) is 81.6. The molecule has 1 saturated heterocycles. The van der Waals surface area contributed by atoms with Crippen LogP contribution in [0.5, 0.6) is 11.5 Å². The Morgan fingerprint density at radius 3 is 2.27 bits per heavy atom. The number of hydrogen-bond donors (Lipinski definition) is 8. The molecule has 9 rings (SSSR count). The summed E-state index contributed by atoms with van der Waals surface area (Å²) in [6.45, 7) is 20.4. The molecule has 2 amide bonds. The van der Waals surface area contributed by atoms with Crippen molar-refractivity contribution in [3.63, 3.8) is 0 Å². The number of hydrogen-bond acceptors (Lipinski definition) is 17. The Kier molecular flexibility index (Phi) is 19.1. The molecule has 28 heteroatoms. The molecule has 462 valence electrons. The van der Waals surface area contributed by atoms with Gasteiger partial charge in [0.25, 0.3) is 5.91 Å². The van der Waals surface area contributed by atoms with Crippen molar-refractivity contribution in [3.05, 3.63) is 99.6 Å². The Bertz CT molecular complexity index is 3630. The van der Waals surface area contributed by atoms with Crippen molar-refractivity contribution in [3.8, 4) is 11.5 Å². The maximum atomic E-state index is 14.7. The fraction of sp³-hybridized carbons (Fsp3) is 0.544. The quantitative estimate of drug-likeness (QED) is 0.0178. The van der Waals surface area contributed by atoms with Crippen molar-refractivity contribution in [1.29, 1.82) is 0 Å². The van der Waals surface area contributed by atoms with Crippen LogP contribution < -0.4 is 35.4 Å². The zero-order valence-electron chi connectivity index (χ0n) is 49.4. The van der Waals surface area contributed by atoms with Crippen LogP contribution in [-0.2, 0) is 36.4 Å². The Hall–Kier alpha value is -5.49. The SMILES string of the molecule is CCN1c2cc3c(cc2C(C)CC1(C)C)C(c1ccccc1C(=O)N(C)CCCC(=O)NCCCCCCNc1ncnc2c1ncn2[C@@H]1O[C@H](COP(=O)(O)OP(=O)(O)OP(=O)(O)O)[C@@H](O)[C@H]1O)=c1cc2c(cc1O3)=[N+](CC)C(C)(C)CC2C. The molecule has 85 heavy (non-hydrogen) atoms. The molecule has 8 atom stereocenters. The van der Waals surface area contributed by atoms with E-state index >= 15 is 0 Å². The van der Waals surface area contributed by atoms with Gasteiger partial charge in [-0.1, -0.05) is 44.9 Å². The maximum Gasteiger partial charge on any atom is 0.490 e. The number of anilines is 2. The zero-order chi connectivity index (χ0) is 61.6. The molecular weight excluding hydrogens is 1160 g/mol. The topological polar surface area (TPSA) is 330 Å². The number of aliphatic hydroxyl groups is 2. The molecule has 8 N–H and O–H groups in total. The van der Waals surface area contributed by atoms with Gasteiger partial charge < -0.3 is 59.7 Å². The Labute approximate surface area is 493 Å². The van der Waals surface area contributed by atoms with Crippen molar-refractivity contribution in [1.82, 2.24) is 34.3 Å². The van der Waals surface area contributed by atoms with E-state index < -0.39 is 54.6 Å². The van der Waals surface area contributed by atoms with E-state index in [0.29, 0.717) is 54.8 Å². The second-order valence-corrected chi connectivity index (χ2v) is 28.1. The van der Waals surface area contributed by atoms with Gasteiger partial charge in [-0.15, -0.1) is 0 Å². The summed E-state index contributed by atoms with van der Waals surface area (Å²) in [5, 5.41) is 29.9. The molecule has 4 unspecified atom stereocenters. The molecule has 6 heterocycles. The number of fused-ring (bicyclic) bond motifs is 5. The van der Waals surface area contributed by atoms with Crippen LogP contribution in [0.1, 0.15) is 157 Å². The zero-order valence-corrected chi connectivity index (χ0v) is 52.1. The number of benzene rings is 3. The number of phosphoric ester groups is 1. The first-order valence-corrected chi connectivity index (χ1v) is 33.3. The van der Waals surface area contributed by atoms with Gasteiger partial charge in [-0.3, -0.25) is 18.7 Å². The number of rotatable bonds is 24. The van der Waals surface area contributed by atoms with Crippen molar-refractivity contribution in [2.45, 2.75) is 154 Å². The number of aromatic nitrogens is 4. The number of ether oxygens (including phenoxy) is 2. The lowest BCUT2D eigenvalue weighted by Gasteiger charge is -2.47. The highest BCUT2D eigenvalue weighted by molar-refractivity contribution is 7.66. The molecule has 2 aromatic heterocycles. The van der Waals surface area contributed by atoms with Gasteiger partial charge in [-0.05, 0) is 108 Å². The van der Waals surface area contributed by atoms with Crippen molar-refractivity contribution in [2.75, 3.05) is 56.6 Å². The minimum absolute atomic E-state index is 0.0367. The highest BCUT2D eigenvalue weighted by atomic mass is 31.3. The lowest BCUT2D eigenvalue weighted by molar-refractivity contribution is -0.121. The molecule has 1 fully saturated rings. The molecule has 0 saturated carbocycles. The van der Waals surface area contributed by atoms with Crippen LogP contribution in [-0.4, -0.2) is 142 Å². The summed E-state index contributed by atoms with van der Waals surface area (Å²) in [7, 11) is -15.1. The normalized spacial score (nSPS) is 22.8. The van der Waals surface area contributed by atoms with Crippen molar-refractivity contribution in [2.24, 2.45) is 0 Å². The third-order valence-corrected chi connectivity index (χ3v) is 20.3. The van der Waals surface area contributed by atoms with Gasteiger partial charge in [0.2, 0.25) is 11.3 Å². The molecule has 0 bridgehead atoms.